The maximum Gasteiger partial charge on any atom is 0.225 e. The van der Waals surface area contributed by atoms with Crippen molar-refractivity contribution >= 4 is 11.8 Å². The third-order valence-electron chi connectivity index (χ3n) is 3.15. The molecule has 2 amide bonds. The molecular weight excluding hydrogens is 264 g/mol. The second-order valence-corrected chi connectivity index (χ2v) is 4.71. The lowest BCUT2D eigenvalue weighted by molar-refractivity contribution is -0.129. The van der Waals surface area contributed by atoms with Crippen LogP contribution in [0.4, 0.5) is 0 Å². The lowest BCUT2D eigenvalue weighted by atomic mass is 10.1. The fraction of sp³-hybridized carbons (Fsp3) is 0.846. The van der Waals surface area contributed by atoms with Crippen LogP contribution in [0.15, 0.2) is 0 Å². The molecule has 7 heteroatoms. The van der Waals surface area contributed by atoms with Gasteiger partial charge in [0.15, 0.2) is 0 Å². The summed E-state index contributed by atoms with van der Waals surface area (Å²) < 4.78 is 10.0. The summed E-state index contributed by atoms with van der Waals surface area (Å²) in [7, 11) is 1.59. The first-order chi connectivity index (χ1) is 9.69. The number of hydrogen-bond donors (Lipinski definition) is 2. The Hall–Kier alpha value is -1.18. The molecule has 0 aromatic carbocycles. The number of rotatable bonds is 10. The van der Waals surface area contributed by atoms with Crippen LogP contribution in [0, 0.1) is 5.92 Å². The van der Waals surface area contributed by atoms with Crippen molar-refractivity contribution in [3.05, 3.63) is 0 Å². The first-order valence-electron chi connectivity index (χ1n) is 6.92. The molecule has 0 aromatic rings. The minimum absolute atomic E-state index is 0.00779. The number of nitrogens with zero attached hydrogens (tertiary/aromatic N) is 1. The van der Waals surface area contributed by atoms with Crippen molar-refractivity contribution in [1.29, 1.82) is 0 Å². The van der Waals surface area contributed by atoms with Crippen LogP contribution in [0.1, 0.15) is 12.8 Å². The highest BCUT2D eigenvalue weighted by Gasteiger charge is 2.33. The van der Waals surface area contributed by atoms with Crippen molar-refractivity contribution < 1.29 is 24.2 Å². The van der Waals surface area contributed by atoms with Gasteiger partial charge in [0.25, 0.3) is 0 Å². The Morgan fingerprint density at radius 2 is 2.25 bits per heavy atom. The summed E-state index contributed by atoms with van der Waals surface area (Å²) in [4.78, 5) is 25.3. The number of amides is 2. The van der Waals surface area contributed by atoms with Crippen LogP contribution in [-0.2, 0) is 19.1 Å². The molecule has 1 rings (SSSR count). The third kappa shape index (κ3) is 5.85. The molecular formula is C13H24N2O5. The van der Waals surface area contributed by atoms with E-state index in [2.05, 4.69) is 5.32 Å². The van der Waals surface area contributed by atoms with Crippen molar-refractivity contribution in [2.45, 2.75) is 12.8 Å². The highest BCUT2D eigenvalue weighted by molar-refractivity contribution is 5.89. The second-order valence-electron chi connectivity index (χ2n) is 4.71. The zero-order valence-electron chi connectivity index (χ0n) is 12.0. The zero-order valence-corrected chi connectivity index (χ0v) is 12.0. The van der Waals surface area contributed by atoms with Crippen LogP contribution < -0.4 is 5.32 Å². The van der Waals surface area contributed by atoms with Crippen LogP contribution in [0.2, 0.25) is 0 Å². The summed E-state index contributed by atoms with van der Waals surface area (Å²) in [6.07, 6.45) is 0.969. The number of carbonyl (C=O) groups excluding carboxylic acids is 2. The molecule has 1 unspecified atom stereocenters. The molecule has 1 aliphatic rings. The summed E-state index contributed by atoms with van der Waals surface area (Å²) in [6, 6.07) is 0. The second kappa shape index (κ2) is 9.68. The average molecular weight is 288 g/mol. The van der Waals surface area contributed by atoms with Gasteiger partial charge in [-0.25, -0.2) is 0 Å². The molecule has 20 heavy (non-hydrogen) atoms. The van der Waals surface area contributed by atoms with Crippen LogP contribution in [-0.4, -0.2) is 75.0 Å². The number of carbonyl (C=O) groups is 2. The summed E-state index contributed by atoms with van der Waals surface area (Å²) in [6.45, 7) is 2.84. The fourth-order valence-corrected chi connectivity index (χ4v) is 2.06. The molecule has 0 aliphatic carbocycles. The van der Waals surface area contributed by atoms with E-state index in [1.54, 1.807) is 12.0 Å². The third-order valence-corrected chi connectivity index (χ3v) is 3.15. The molecule has 1 fully saturated rings. The molecule has 2 N–H and O–H groups in total. The average Bonchev–Trinajstić information content (AvgIpc) is 2.81. The molecule has 0 aromatic heterocycles. The summed E-state index contributed by atoms with van der Waals surface area (Å²) in [5.41, 5.74) is 0. The maximum absolute atomic E-state index is 11.9. The van der Waals surface area contributed by atoms with Gasteiger partial charge in [-0.1, -0.05) is 0 Å². The van der Waals surface area contributed by atoms with Gasteiger partial charge >= 0.3 is 0 Å². The normalized spacial score (nSPS) is 18.6. The Morgan fingerprint density at radius 1 is 1.45 bits per heavy atom. The first kappa shape index (κ1) is 16.9. The van der Waals surface area contributed by atoms with Crippen molar-refractivity contribution in [2.24, 2.45) is 5.92 Å². The van der Waals surface area contributed by atoms with E-state index >= 15 is 0 Å². The Kier molecular flexibility index (Phi) is 8.17. The monoisotopic (exact) mass is 288 g/mol. The first-order valence-corrected chi connectivity index (χ1v) is 6.92. The van der Waals surface area contributed by atoms with Gasteiger partial charge in [0, 0.05) is 39.8 Å². The van der Waals surface area contributed by atoms with E-state index in [4.69, 9.17) is 14.6 Å². The standard InChI is InChI=1S/C13H24N2O5/c1-19-7-4-15-10-11(9-12(15)17)13(18)14-3-2-6-20-8-5-16/h11,16H,2-10H2,1H3,(H,14,18). The van der Waals surface area contributed by atoms with Gasteiger partial charge in [-0.15, -0.1) is 0 Å². The number of methoxy groups -OCH3 is 1. The molecule has 0 spiro atoms. The number of nitrogens with one attached hydrogen (secondary N) is 1. The molecule has 1 saturated heterocycles. The molecule has 116 valence electrons. The molecule has 7 nitrogen and oxygen atoms in total. The van der Waals surface area contributed by atoms with Gasteiger partial charge in [0.2, 0.25) is 11.8 Å². The minimum atomic E-state index is -0.266. The quantitative estimate of drug-likeness (QED) is 0.503. The maximum atomic E-state index is 11.9. The Balaban J connectivity index is 2.16. The van der Waals surface area contributed by atoms with Gasteiger partial charge in [-0.05, 0) is 6.42 Å². The van der Waals surface area contributed by atoms with Crippen molar-refractivity contribution in [3.63, 3.8) is 0 Å². The predicted octanol–water partition coefficient (Wildman–Crippen LogP) is -1.00. The number of likely N-dealkylation sites (tertiary alicyclic amines) is 1. The smallest absolute Gasteiger partial charge is 0.225 e. The van der Waals surface area contributed by atoms with E-state index in [-0.39, 0.29) is 30.8 Å². The van der Waals surface area contributed by atoms with Gasteiger partial charge in [-0.2, -0.15) is 0 Å². The van der Waals surface area contributed by atoms with Crippen molar-refractivity contribution in [1.82, 2.24) is 10.2 Å². The van der Waals surface area contributed by atoms with E-state index in [1.165, 1.54) is 0 Å². The van der Waals surface area contributed by atoms with Gasteiger partial charge in [0.05, 0.1) is 25.7 Å². The lowest BCUT2D eigenvalue weighted by Crippen LogP contribution is -2.34. The highest BCUT2D eigenvalue weighted by Crippen LogP contribution is 2.17. The summed E-state index contributed by atoms with van der Waals surface area (Å²) >= 11 is 0. The van der Waals surface area contributed by atoms with Gasteiger partial charge in [0.1, 0.15) is 0 Å². The SMILES string of the molecule is COCCN1CC(C(=O)NCCCOCCO)CC1=O. The molecule has 1 aliphatic heterocycles. The van der Waals surface area contributed by atoms with Crippen LogP contribution >= 0.6 is 0 Å². The molecule has 0 radical (unpaired) electrons. The van der Waals surface area contributed by atoms with Crippen molar-refractivity contribution in [2.75, 3.05) is 53.2 Å². The number of aliphatic hydroxyl groups excluding tert-OH is 1. The van der Waals surface area contributed by atoms with Gasteiger partial charge < -0.3 is 24.8 Å². The van der Waals surface area contributed by atoms with Crippen LogP contribution in [0.3, 0.4) is 0 Å². The summed E-state index contributed by atoms with van der Waals surface area (Å²) in [5.74, 6) is -0.341. The number of ether oxygens (including phenoxy) is 2. The molecule has 1 heterocycles. The summed E-state index contributed by atoms with van der Waals surface area (Å²) in [5, 5.41) is 11.3. The van der Waals surface area contributed by atoms with E-state index < -0.39 is 0 Å². The predicted molar refractivity (Wildman–Crippen MR) is 72.1 cm³/mol. The molecule has 0 bridgehead atoms. The largest absolute Gasteiger partial charge is 0.394 e. The number of aliphatic hydroxyl groups is 1. The topological polar surface area (TPSA) is 88.1 Å². The molecule has 1 atom stereocenters. The van der Waals surface area contributed by atoms with Crippen molar-refractivity contribution in [3.8, 4) is 0 Å². The lowest BCUT2D eigenvalue weighted by Gasteiger charge is -2.15. The number of hydrogen-bond acceptors (Lipinski definition) is 5. The zero-order chi connectivity index (χ0) is 14.8. The van der Waals surface area contributed by atoms with Crippen LogP contribution in [0.25, 0.3) is 0 Å². The van der Waals surface area contributed by atoms with Crippen LogP contribution in [0.5, 0.6) is 0 Å². The van der Waals surface area contributed by atoms with E-state index in [0.29, 0.717) is 45.9 Å². The Bertz CT molecular complexity index is 311. The highest BCUT2D eigenvalue weighted by atomic mass is 16.5. The Labute approximate surface area is 119 Å². The van der Waals surface area contributed by atoms with E-state index in [9.17, 15) is 9.59 Å². The van der Waals surface area contributed by atoms with E-state index in [1.807, 2.05) is 0 Å². The van der Waals surface area contributed by atoms with Gasteiger partial charge in [-0.3, -0.25) is 9.59 Å². The molecule has 0 saturated carbocycles. The fourth-order valence-electron chi connectivity index (χ4n) is 2.06. The Morgan fingerprint density at radius 3 is 2.95 bits per heavy atom. The minimum Gasteiger partial charge on any atom is -0.394 e. The van der Waals surface area contributed by atoms with E-state index in [0.717, 1.165) is 0 Å².